The van der Waals surface area contributed by atoms with Crippen LogP contribution >= 0.6 is 27.5 Å². The van der Waals surface area contributed by atoms with Crippen LogP contribution in [0, 0.1) is 0 Å². The van der Waals surface area contributed by atoms with E-state index in [0.717, 1.165) is 10.9 Å². The highest BCUT2D eigenvalue weighted by Gasteiger charge is 2.12. The minimum absolute atomic E-state index is 0.0518. The summed E-state index contributed by atoms with van der Waals surface area (Å²) in [4.78, 5) is 15.7. The third-order valence-electron chi connectivity index (χ3n) is 2.02. The molecule has 1 heterocycles. The van der Waals surface area contributed by atoms with Crippen LogP contribution in [0.15, 0.2) is 22.9 Å². The van der Waals surface area contributed by atoms with Crippen molar-refractivity contribution < 1.29 is 4.79 Å². The van der Waals surface area contributed by atoms with Crippen LogP contribution in [-0.4, -0.2) is 22.3 Å². The molecule has 0 radical (unpaired) electrons. The first kappa shape index (κ1) is 13.5. The predicted octanol–water partition coefficient (Wildman–Crippen LogP) is 2.98. The van der Waals surface area contributed by atoms with E-state index in [2.05, 4.69) is 26.2 Å². The molecule has 5 heteroatoms. The van der Waals surface area contributed by atoms with E-state index in [-0.39, 0.29) is 17.3 Å². The number of nitrogens with zero attached hydrogens (tertiary/aromatic N) is 1. The topological polar surface area (TPSA) is 42.0 Å². The van der Waals surface area contributed by atoms with Crippen molar-refractivity contribution in [3.05, 3.63) is 28.5 Å². The molecule has 1 aromatic rings. The lowest BCUT2D eigenvalue weighted by Crippen LogP contribution is -2.33. The van der Waals surface area contributed by atoms with Gasteiger partial charge in [-0.05, 0) is 42.3 Å². The number of aromatic nitrogens is 1. The molecule has 0 aliphatic carbocycles. The third-order valence-corrected chi connectivity index (χ3v) is 2.63. The van der Waals surface area contributed by atoms with E-state index in [1.54, 1.807) is 12.3 Å². The van der Waals surface area contributed by atoms with E-state index < -0.39 is 0 Å². The van der Waals surface area contributed by atoms with Gasteiger partial charge in [0.1, 0.15) is 0 Å². The molecule has 2 atom stereocenters. The molecule has 0 fully saturated rings. The second-order valence-corrected chi connectivity index (χ2v) is 5.44. The first-order chi connectivity index (χ1) is 7.49. The Labute approximate surface area is 109 Å². The molecule has 0 aliphatic heterocycles. The van der Waals surface area contributed by atoms with Gasteiger partial charge >= 0.3 is 0 Å². The molecule has 88 valence electrons. The lowest BCUT2D eigenvalue weighted by Gasteiger charge is -2.14. The van der Waals surface area contributed by atoms with Gasteiger partial charge in [0.2, 0.25) is 0 Å². The average molecular weight is 306 g/mol. The number of hydrogen-bond acceptors (Lipinski definition) is 2. The molecule has 16 heavy (non-hydrogen) atoms. The Bertz CT molecular complexity index is 371. The summed E-state index contributed by atoms with van der Waals surface area (Å²) in [5.74, 6) is -0.126. The van der Waals surface area contributed by atoms with Crippen LogP contribution in [0.5, 0.6) is 0 Å². The standard InChI is InChI=1S/C11H14BrClN2O/c1-7(13)3-8(2)15-11(16)9-4-10(12)6-14-5-9/h4-8H,3H2,1-2H3,(H,15,16). The molecular weight excluding hydrogens is 291 g/mol. The zero-order valence-corrected chi connectivity index (χ0v) is 11.5. The Kier molecular flexibility index (Phi) is 5.22. The van der Waals surface area contributed by atoms with Gasteiger partial charge in [0, 0.05) is 28.3 Å². The first-order valence-corrected chi connectivity index (χ1v) is 6.27. The second-order valence-electron chi connectivity index (χ2n) is 3.78. The summed E-state index contributed by atoms with van der Waals surface area (Å²) in [5, 5.41) is 2.92. The van der Waals surface area contributed by atoms with Gasteiger partial charge < -0.3 is 5.32 Å². The zero-order chi connectivity index (χ0) is 12.1. The van der Waals surface area contributed by atoms with Crippen molar-refractivity contribution in [3.8, 4) is 0 Å². The number of pyridine rings is 1. The monoisotopic (exact) mass is 304 g/mol. The van der Waals surface area contributed by atoms with E-state index >= 15 is 0 Å². The molecule has 0 aliphatic rings. The predicted molar refractivity (Wildman–Crippen MR) is 68.8 cm³/mol. The fourth-order valence-corrected chi connectivity index (χ4v) is 2.02. The number of rotatable bonds is 4. The van der Waals surface area contributed by atoms with Crippen LogP contribution < -0.4 is 5.32 Å². The maximum absolute atomic E-state index is 11.8. The highest BCUT2D eigenvalue weighted by molar-refractivity contribution is 9.10. The number of hydrogen-bond donors (Lipinski definition) is 1. The molecule has 1 rings (SSSR count). The van der Waals surface area contributed by atoms with E-state index in [1.807, 2.05) is 13.8 Å². The van der Waals surface area contributed by atoms with Crippen molar-refractivity contribution in [1.29, 1.82) is 0 Å². The van der Waals surface area contributed by atoms with E-state index in [1.165, 1.54) is 6.20 Å². The molecule has 0 aromatic carbocycles. The van der Waals surface area contributed by atoms with Gasteiger partial charge in [0.05, 0.1) is 5.56 Å². The Morgan fingerprint density at radius 1 is 1.56 bits per heavy atom. The Morgan fingerprint density at radius 2 is 2.25 bits per heavy atom. The molecule has 1 aromatic heterocycles. The lowest BCUT2D eigenvalue weighted by atomic mass is 10.2. The molecule has 2 unspecified atom stereocenters. The highest BCUT2D eigenvalue weighted by Crippen LogP contribution is 2.10. The van der Waals surface area contributed by atoms with E-state index in [9.17, 15) is 4.79 Å². The van der Waals surface area contributed by atoms with Gasteiger partial charge in [-0.2, -0.15) is 0 Å². The summed E-state index contributed by atoms with van der Waals surface area (Å²) >= 11 is 9.13. The number of alkyl halides is 1. The SMILES string of the molecule is CC(Cl)CC(C)NC(=O)c1cncc(Br)c1. The fraction of sp³-hybridized carbons (Fsp3) is 0.455. The van der Waals surface area contributed by atoms with Crippen molar-refractivity contribution >= 4 is 33.4 Å². The van der Waals surface area contributed by atoms with Crippen LogP contribution in [0.3, 0.4) is 0 Å². The summed E-state index contributed by atoms with van der Waals surface area (Å²) < 4.78 is 0.790. The number of halogens is 2. The van der Waals surface area contributed by atoms with E-state index in [0.29, 0.717) is 5.56 Å². The molecule has 3 nitrogen and oxygen atoms in total. The van der Waals surface area contributed by atoms with Crippen LogP contribution in [0.25, 0.3) is 0 Å². The van der Waals surface area contributed by atoms with Gasteiger partial charge in [0.15, 0.2) is 0 Å². The summed E-state index contributed by atoms with van der Waals surface area (Å²) in [7, 11) is 0. The van der Waals surface area contributed by atoms with Gasteiger partial charge in [-0.25, -0.2) is 0 Å². The number of carbonyl (C=O) groups excluding carboxylic acids is 1. The third kappa shape index (κ3) is 4.49. The maximum Gasteiger partial charge on any atom is 0.253 e. The largest absolute Gasteiger partial charge is 0.349 e. The highest BCUT2D eigenvalue weighted by atomic mass is 79.9. The first-order valence-electron chi connectivity index (χ1n) is 5.04. The van der Waals surface area contributed by atoms with Crippen molar-refractivity contribution in [1.82, 2.24) is 10.3 Å². The summed E-state index contributed by atoms with van der Waals surface area (Å²) in [6, 6.07) is 1.79. The van der Waals surface area contributed by atoms with Crippen LogP contribution in [-0.2, 0) is 0 Å². The van der Waals surface area contributed by atoms with Crippen molar-refractivity contribution in [2.75, 3.05) is 0 Å². The van der Waals surface area contributed by atoms with Crippen LogP contribution in [0.1, 0.15) is 30.6 Å². The van der Waals surface area contributed by atoms with Gasteiger partial charge in [-0.15, -0.1) is 11.6 Å². The molecule has 1 amide bonds. The molecule has 0 saturated carbocycles. The Hall–Kier alpha value is -0.610. The van der Waals surface area contributed by atoms with Crippen LogP contribution in [0.4, 0.5) is 0 Å². The quantitative estimate of drug-likeness (QED) is 0.869. The Balaban J connectivity index is 2.59. The molecule has 0 saturated heterocycles. The van der Waals surface area contributed by atoms with E-state index in [4.69, 9.17) is 11.6 Å². The number of nitrogens with one attached hydrogen (secondary N) is 1. The minimum atomic E-state index is -0.126. The molecular formula is C11H14BrClN2O. The number of amides is 1. The normalized spacial score (nSPS) is 14.2. The van der Waals surface area contributed by atoms with Gasteiger partial charge in [-0.3, -0.25) is 9.78 Å². The molecule has 0 bridgehead atoms. The van der Waals surface area contributed by atoms with Crippen LogP contribution in [0.2, 0.25) is 0 Å². The van der Waals surface area contributed by atoms with Crippen molar-refractivity contribution in [3.63, 3.8) is 0 Å². The number of carbonyl (C=O) groups is 1. The van der Waals surface area contributed by atoms with Crippen molar-refractivity contribution in [2.24, 2.45) is 0 Å². The summed E-state index contributed by atoms with van der Waals surface area (Å²) in [6.07, 6.45) is 3.92. The summed E-state index contributed by atoms with van der Waals surface area (Å²) in [5.41, 5.74) is 0.545. The molecule has 0 spiro atoms. The fourth-order valence-electron chi connectivity index (χ4n) is 1.39. The van der Waals surface area contributed by atoms with Crippen molar-refractivity contribution in [2.45, 2.75) is 31.7 Å². The summed E-state index contributed by atoms with van der Waals surface area (Å²) in [6.45, 7) is 3.84. The van der Waals surface area contributed by atoms with Gasteiger partial charge in [-0.1, -0.05) is 0 Å². The maximum atomic E-state index is 11.8. The van der Waals surface area contributed by atoms with Gasteiger partial charge in [0.25, 0.3) is 5.91 Å². The lowest BCUT2D eigenvalue weighted by molar-refractivity contribution is 0.0938. The average Bonchev–Trinajstić information content (AvgIpc) is 2.16. The minimum Gasteiger partial charge on any atom is -0.349 e. The molecule has 1 N–H and O–H groups in total. The smallest absolute Gasteiger partial charge is 0.253 e. The Morgan fingerprint density at radius 3 is 2.81 bits per heavy atom. The second kappa shape index (κ2) is 6.21. The zero-order valence-electron chi connectivity index (χ0n) is 9.21.